The summed E-state index contributed by atoms with van der Waals surface area (Å²) in [6.45, 7) is 4.39. The third-order valence-electron chi connectivity index (χ3n) is 3.66. The van der Waals surface area contributed by atoms with Crippen LogP contribution in [0.4, 0.5) is 0 Å². The molecule has 20 heavy (non-hydrogen) atoms. The minimum Gasteiger partial charge on any atom is -0.463 e. The fraction of sp³-hybridized carbons (Fsp3) is 0.786. The van der Waals surface area contributed by atoms with Gasteiger partial charge in [0, 0.05) is 26.9 Å². The Morgan fingerprint density at radius 2 is 2.05 bits per heavy atom. The number of hydrogen-bond acceptors (Lipinski definition) is 5. The van der Waals surface area contributed by atoms with Gasteiger partial charge in [0.25, 0.3) is 0 Å². The van der Waals surface area contributed by atoms with Crippen molar-refractivity contribution in [3.05, 3.63) is 12.7 Å². The second kappa shape index (κ2) is 9.28. The first-order valence-electron chi connectivity index (χ1n) is 7.19. The summed E-state index contributed by atoms with van der Waals surface area (Å²) in [4.78, 5) is 10.9. The molecule has 5 nitrogen and oxygen atoms in total. The van der Waals surface area contributed by atoms with Crippen LogP contribution in [0.25, 0.3) is 0 Å². The summed E-state index contributed by atoms with van der Waals surface area (Å²) in [6, 6.07) is 0.994. The van der Waals surface area contributed by atoms with Crippen LogP contribution in [0.15, 0.2) is 12.7 Å². The van der Waals surface area contributed by atoms with Gasteiger partial charge < -0.3 is 18.3 Å². The van der Waals surface area contributed by atoms with E-state index >= 15 is 0 Å². The number of carbonyl (C=O) groups excluding carboxylic acids is 1. The van der Waals surface area contributed by atoms with E-state index in [1.165, 1.54) is 12.5 Å². The van der Waals surface area contributed by atoms with Crippen molar-refractivity contribution in [3.8, 4) is 0 Å². The Morgan fingerprint density at radius 3 is 2.70 bits per heavy atom. The van der Waals surface area contributed by atoms with E-state index in [0.29, 0.717) is 13.2 Å². The van der Waals surface area contributed by atoms with Crippen LogP contribution in [0.1, 0.15) is 32.1 Å². The molecule has 2 unspecified atom stereocenters. The highest BCUT2D eigenvalue weighted by Gasteiger charge is 2.47. The fourth-order valence-electron chi connectivity index (χ4n) is 2.52. The zero-order valence-corrected chi connectivity index (χ0v) is 13.6. The summed E-state index contributed by atoms with van der Waals surface area (Å²) < 4.78 is 22.3. The lowest BCUT2D eigenvalue weighted by atomic mass is 10.2. The summed E-state index contributed by atoms with van der Waals surface area (Å²) in [5, 5.41) is 0. The summed E-state index contributed by atoms with van der Waals surface area (Å²) in [5.41, 5.74) is 0.125. The molecule has 0 spiro atoms. The van der Waals surface area contributed by atoms with Gasteiger partial charge in [0.1, 0.15) is 5.73 Å². The topological polar surface area (TPSA) is 54.0 Å². The quantitative estimate of drug-likeness (QED) is 0.283. The first kappa shape index (κ1) is 17.4. The molecule has 0 amide bonds. The molecule has 1 fully saturated rings. The molecule has 0 N–H and O–H groups in total. The molecule has 1 saturated heterocycles. The van der Waals surface area contributed by atoms with Gasteiger partial charge in [-0.1, -0.05) is 19.4 Å². The number of rotatable bonds is 9. The lowest BCUT2D eigenvalue weighted by Gasteiger charge is -2.38. The second-order valence-corrected chi connectivity index (χ2v) is 8.38. The van der Waals surface area contributed by atoms with Gasteiger partial charge in [0.05, 0.1) is 6.61 Å². The highest BCUT2D eigenvalue weighted by atomic mass is 28.4. The lowest BCUT2D eigenvalue weighted by Crippen LogP contribution is -2.55. The maximum atomic E-state index is 10.9. The smallest absolute Gasteiger partial charge is 0.367 e. The van der Waals surface area contributed by atoms with Crippen molar-refractivity contribution < 1.29 is 23.1 Å². The highest BCUT2D eigenvalue weighted by molar-refractivity contribution is 6.69. The third-order valence-corrected chi connectivity index (χ3v) is 7.60. The van der Waals surface area contributed by atoms with Crippen LogP contribution in [-0.4, -0.2) is 47.7 Å². The van der Waals surface area contributed by atoms with Gasteiger partial charge in [-0.2, -0.15) is 0 Å². The maximum absolute atomic E-state index is 10.9. The SMILES string of the molecule is C=CC(=O)OCCCCO[Si]1(OC)CCCCC1OC. The Kier molecular flexibility index (Phi) is 8.06. The Morgan fingerprint density at radius 1 is 1.30 bits per heavy atom. The Labute approximate surface area is 122 Å². The monoisotopic (exact) mass is 302 g/mol. The first-order valence-corrected chi connectivity index (χ1v) is 9.29. The van der Waals surface area contributed by atoms with Crippen molar-refractivity contribution in [1.29, 1.82) is 0 Å². The molecule has 0 aromatic carbocycles. The molecule has 0 aromatic rings. The van der Waals surface area contributed by atoms with E-state index in [-0.39, 0.29) is 11.7 Å². The van der Waals surface area contributed by atoms with Crippen molar-refractivity contribution in [1.82, 2.24) is 0 Å². The first-order chi connectivity index (χ1) is 9.68. The molecule has 0 radical (unpaired) electrons. The third kappa shape index (κ3) is 5.01. The van der Waals surface area contributed by atoms with Crippen LogP contribution < -0.4 is 0 Å². The minimum atomic E-state index is -2.22. The molecule has 2 atom stereocenters. The minimum absolute atomic E-state index is 0.125. The number of ether oxygens (including phenoxy) is 2. The second-order valence-electron chi connectivity index (χ2n) is 4.91. The van der Waals surface area contributed by atoms with Crippen molar-refractivity contribution in [2.24, 2.45) is 0 Å². The standard InChI is InChI=1S/C14H26O5Si/c1-4-13(15)18-10-6-7-11-19-20(17-3)12-8-5-9-14(20)16-2/h4,14H,1,5-12H2,2-3H3. The molecule has 1 rings (SSSR count). The van der Waals surface area contributed by atoms with E-state index < -0.39 is 8.56 Å². The van der Waals surface area contributed by atoms with Gasteiger partial charge in [-0.25, -0.2) is 4.79 Å². The number of methoxy groups -OCH3 is 1. The number of unbranched alkanes of at least 4 members (excludes halogenated alkanes) is 1. The molecular formula is C14H26O5Si. The van der Waals surface area contributed by atoms with Crippen molar-refractivity contribution >= 4 is 14.5 Å². The molecule has 0 aliphatic carbocycles. The number of esters is 1. The molecule has 6 heteroatoms. The van der Waals surface area contributed by atoms with Crippen molar-refractivity contribution in [3.63, 3.8) is 0 Å². The van der Waals surface area contributed by atoms with Crippen LogP contribution in [0, 0.1) is 0 Å². The van der Waals surface area contributed by atoms with E-state index in [1.54, 1.807) is 14.2 Å². The number of hydrogen-bond donors (Lipinski definition) is 0. The van der Waals surface area contributed by atoms with Crippen LogP contribution >= 0.6 is 0 Å². The van der Waals surface area contributed by atoms with E-state index in [4.69, 9.17) is 18.3 Å². The predicted molar refractivity (Wildman–Crippen MR) is 78.6 cm³/mol. The molecule has 0 saturated carbocycles. The van der Waals surface area contributed by atoms with E-state index in [2.05, 4.69) is 6.58 Å². The van der Waals surface area contributed by atoms with Gasteiger partial charge in [-0.05, 0) is 25.3 Å². The summed E-state index contributed by atoms with van der Waals surface area (Å²) in [6.07, 6.45) is 6.15. The van der Waals surface area contributed by atoms with E-state index in [0.717, 1.165) is 31.7 Å². The normalized spacial score (nSPS) is 26.2. The van der Waals surface area contributed by atoms with Crippen LogP contribution in [0.2, 0.25) is 6.04 Å². The van der Waals surface area contributed by atoms with Crippen LogP contribution in [0.3, 0.4) is 0 Å². The summed E-state index contributed by atoms with van der Waals surface area (Å²) in [7, 11) is 1.24. The van der Waals surface area contributed by atoms with Gasteiger partial charge in [0.2, 0.25) is 0 Å². The van der Waals surface area contributed by atoms with Gasteiger partial charge in [0.15, 0.2) is 0 Å². The summed E-state index contributed by atoms with van der Waals surface area (Å²) in [5.74, 6) is -0.375. The van der Waals surface area contributed by atoms with Crippen LogP contribution in [0.5, 0.6) is 0 Å². The Hall–Kier alpha value is -0.693. The average Bonchev–Trinajstić information content (AvgIpc) is 2.50. The molecular weight excluding hydrogens is 276 g/mol. The maximum Gasteiger partial charge on any atom is 0.367 e. The van der Waals surface area contributed by atoms with Gasteiger partial charge in [-0.15, -0.1) is 0 Å². The molecule has 1 heterocycles. The summed E-state index contributed by atoms with van der Waals surface area (Å²) >= 11 is 0. The van der Waals surface area contributed by atoms with Crippen molar-refractivity contribution in [2.45, 2.75) is 43.9 Å². The molecule has 1 aliphatic heterocycles. The highest BCUT2D eigenvalue weighted by Crippen LogP contribution is 2.31. The van der Waals surface area contributed by atoms with Gasteiger partial charge in [-0.3, -0.25) is 0 Å². The van der Waals surface area contributed by atoms with Crippen LogP contribution in [-0.2, 0) is 23.1 Å². The lowest BCUT2D eigenvalue weighted by molar-refractivity contribution is -0.137. The fourth-order valence-corrected chi connectivity index (χ4v) is 5.99. The molecule has 116 valence electrons. The Bertz CT molecular complexity index is 310. The molecule has 1 aliphatic rings. The zero-order valence-electron chi connectivity index (χ0n) is 12.6. The Balaban J connectivity index is 2.26. The average molecular weight is 302 g/mol. The van der Waals surface area contributed by atoms with E-state index in [1.807, 2.05) is 0 Å². The predicted octanol–water partition coefficient (Wildman–Crippen LogP) is 2.34. The van der Waals surface area contributed by atoms with E-state index in [9.17, 15) is 4.79 Å². The zero-order chi connectivity index (χ0) is 14.8. The molecule has 0 aromatic heterocycles. The largest absolute Gasteiger partial charge is 0.463 e. The number of carbonyl (C=O) groups is 1. The molecule has 0 bridgehead atoms. The van der Waals surface area contributed by atoms with Gasteiger partial charge >= 0.3 is 14.5 Å². The van der Waals surface area contributed by atoms with Crippen molar-refractivity contribution in [2.75, 3.05) is 27.4 Å².